The van der Waals surface area contributed by atoms with Crippen molar-refractivity contribution >= 4 is 20.9 Å². The second-order valence-electron chi connectivity index (χ2n) is 6.70. The lowest BCUT2D eigenvalue weighted by Crippen LogP contribution is -2.30. The number of hydrogen-bond donors (Lipinski definition) is 1. The first-order valence-electron chi connectivity index (χ1n) is 8.69. The van der Waals surface area contributed by atoms with Crippen LogP contribution in [0.2, 0.25) is 0 Å². The monoisotopic (exact) mass is 367 g/mol. The number of sulfonamides is 1. The molecular weight excluding hydrogens is 346 g/mol. The molecule has 0 unspecified atom stereocenters. The first kappa shape index (κ1) is 17.1. The molecule has 4 rings (SSSR count). The number of nitrogens with zero attached hydrogens (tertiary/aromatic N) is 2. The van der Waals surface area contributed by atoms with Crippen molar-refractivity contribution < 1.29 is 8.42 Å². The molecule has 1 aliphatic rings. The van der Waals surface area contributed by atoms with Crippen LogP contribution >= 0.6 is 0 Å². The molecule has 0 radical (unpaired) electrons. The van der Waals surface area contributed by atoms with E-state index in [2.05, 4.69) is 4.98 Å². The Morgan fingerprint density at radius 1 is 1.04 bits per heavy atom. The summed E-state index contributed by atoms with van der Waals surface area (Å²) in [4.78, 5) is 4.54. The lowest BCUT2D eigenvalue weighted by Gasteiger charge is -2.17. The topological polar surface area (TPSA) is 76.3 Å². The number of pyridine rings is 1. The summed E-state index contributed by atoms with van der Waals surface area (Å²) in [7, 11) is -3.60. The predicted octanol–water partition coefficient (Wildman–Crippen LogP) is 2.60. The largest absolute Gasteiger partial charge is 0.330 e. The van der Waals surface area contributed by atoms with Crippen molar-refractivity contribution in [3.05, 3.63) is 72.4 Å². The lowest BCUT2D eigenvalue weighted by atomic mass is 9.89. The highest BCUT2D eigenvalue weighted by Crippen LogP contribution is 2.35. The summed E-state index contributed by atoms with van der Waals surface area (Å²) in [5.41, 5.74) is 7.87. The average Bonchev–Trinajstić information content (AvgIpc) is 3.13. The lowest BCUT2D eigenvalue weighted by molar-refractivity contribution is 0.459. The van der Waals surface area contributed by atoms with E-state index in [-0.39, 0.29) is 16.7 Å². The van der Waals surface area contributed by atoms with Crippen LogP contribution in [-0.4, -0.2) is 37.3 Å². The van der Waals surface area contributed by atoms with Crippen LogP contribution < -0.4 is 5.73 Å². The van der Waals surface area contributed by atoms with Crippen molar-refractivity contribution in [1.82, 2.24) is 9.29 Å². The van der Waals surface area contributed by atoms with E-state index in [1.165, 1.54) is 6.20 Å². The number of hydrogen-bond acceptors (Lipinski definition) is 4. The Hall–Kier alpha value is -2.28. The first-order chi connectivity index (χ1) is 12.6. The zero-order chi connectivity index (χ0) is 18.1. The van der Waals surface area contributed by atoms with Gasteiger partial charge in [0.2, 0.25) is 10.0 Å². The van der Waals surface area contributed by atoms with Gasteiger partial charge in [0, 0.05) is 30.6 Å². The molecule has 0 aliphatic carbocycles. The van der Waals surface area contributed by atoms with Crippen LogP contribution in [0.25, 0.3) is 10.9 Å². The van der Waals surface area contributed by atoms with Gasteiger partial charge in [0.25, 0.3) is 0 Å². The average molecular weight is 367 g/mol. The Balaban J connectivity index is 1.67. The second kappa shape index (κ2) is 6.79. The van der Waals surface area contributed by atoms with Gasteiger partial charge in [-0.3, -0.25) is 4.98 Å². The summed E-state index contributed by atoms with van der Waals surface area (Å²) in [5.74, 6) is 0.227. The molecule has 1 saturated heterocycles. The fraction of sp³-hybridized carbons (Fsp3) is 0.250. The smallest absolute Gasteiger partial charge is 0.244 e. The number of benzene rings is 2. The number of rotatable bonds is 4. The molecule has 0 amide bonds. The molecule has 5 nitrogen and oxygen atoms in total. The number of fused-ring (bicyclic) bond motifs is 1. The quantitative estimate of drug-likeness (QED) is 0.769. The summed E-state index contributed by atoms with van der Waals surface area (Å²) in [6, 6.07) is 19.2. The van der Waals surface area contributed by atoms with E-state index in [4.69, 9.17) is 5.73 Å². The highest BCUT2D eigenvalue weighted by molar-refractivity contribution is 7.89. The van der Waals surface area contributed by atoms with Crippen LogP contribution in [0.5, 0.6) is 0 Å². The van der Waals surface area contributed by atoms with E-state index in [1.807, 2.05) is 54.6 Å². The predicted molar refractivity (Wildman–Crippen MR) is 102 cm³/mol. The molecule has 26 heavy (non-hydrogen) atoms. The molecule has 1 fully saturated rings. The Kier molecular flexibility index (Phi) is 4.48. The van der Waals surface area contributed by atoms with Gasteiger partial charge in [-0.15, -0.1) is 0 Å². The van der Waals surface area contributed by atoms with Crippen LogP contribution in [0, 0.1) is 5.92 Å². The minimum Gasteiger partial charge on any atom is -0.330 e. The van der Waals surface area contributed by atoms with E-state index < -0.39 is 10.0 Å². The number of nitrogens with two attached hydrogens (primary N) is 1. The van der Waals surface area contributed by atoms with E-state index in [9.17, 15) is 8.42 Å². The third kappa shape index (κ3) is 3.00. The van der Waals surface area contributed by atoms with Crippen LogP contribution in [-0.2, 0) is 10.0 Å². The molecule has 1 aromatic heterocycles. The van der Waals surface area contributed by atoms with Gasteiger partial charge < -0.3 is 5.73 Å². The molecule has 0 saturated carbocycles. The van der Waals surface area contributed by atoms with Crippen LogP contribution in [0.15, 0.2) is 71.8 Å². The molecule has 2 atom stereocenters. The molecule has 1 aliphatic heterocycles. The van der Waals surface area contributed by atoms with Crippen molar-refractivity contribution in [2.24, 2.45) is 11.7 Å². The summed E-state index contributed by atoms with van der Waals surface area (Å²) < 4.78 is 27.9. The standard InChI is InChI=1S/C20H21N3O2S/c21-11-17-13-23(14-19(17)15-6-2-1-3-7-15)26(24,25)18-10-16-8-4-5-9-20(16)22-12-18/h1-10,12,17,19H,11,13-14,21H2/t17-,19+/m1/s1. The van der Waals surface area contributed by atoms with Crippen LogP contribution in [0.3, 0.4) is 0 Å². The number of aromatic nitrogens is 1. The van der Waals surface area contributed by atoms with Gasteiger partial charge >= 0.3 is 0 Å². The fourth-order valence-corrected chi connectivity index (χ4v) is 5.19. The van der Waals surface area contributed by atoms with Gasteiger partial charge in [-0.1, -0.05) is 48.5 Å². The fourth-order valence-electron chi connectivity index (χ4n) is 3.69. The minimum absolute atomic E-state index is 0.112. The SMILES string of the molecule is NC[C@@H]1CN(S(=O)(=O)c2cnc3ccccc3c2)C[C@H]1c1ccccc1. The summed E-state index contributed by atoms with van der Waals surface area (Å²) in [6.45, 7) is 1.34. The molecular formula is C20H21N3O2S. The molecule has 3 aromatic rings. The van der Waals surface area contributed by atoms with Crippen molar-refractivity contribution in [2.75, 3.05) is 19.6 Å². The molecule has 134 valence electrons. The normalized spacial score (nSPS) is 21.3. The highest BCUT2D eigenvalue weighted by Gasteiger charge is 2.39. The molecule has 2 heterocycles. The van der Waals surface area contributed by atoms with Gasteiger partial charge in [0.05, 0.1) is 5.52 Å². The second-order valence-corrected chi connectivity index (χ2v) is 8.64. The Morgan fingerprint density at radius 2 is 1.77 bits per heavy atom. The van der Waals surface area contributed by atoms with Gasteiger partial charge in [-0.05, 0) is 30.2 Å². The highest BCUT2D eigenvalue weighted by atomic mass is 32.2. The summed E-state index contributed by atoms with van der Waals surface area (Å²) in [6.07, 6.45) is 1.45. The minimum atomic E-state index is -3.60. The third-order valence-corrected chi connectivity index (χ3v) is 6.94. The van der Waals surface area contributed by atoms with Crippen molar-refractivity contribution in [1.29, 1.82) is 0 Å². The molecule has 0 spiro atoms. The third-order valence-electron chi connectivity index (χ3n) is 5.14. The Bertz CT molecular complexity index is 1020. The van der Waals surface area contributed by atoms with Crippen molar-refractivity contribution in [3.63, 3.8) is 0 Å². The van der Waals surface area contributed by atoms with E-state index in [1.54, 1.807) is 10.4 Å². The Morgan fingerprint density at radius 3 is 2.54 bits per heavy atom. The molecule has 6 heteroatoms. The van der Waals surface area contributed by atoms with Crippen molar-refractivity contribution in [2.45, 2.75) is 10.8 Å². The summed E-state index contributed by atoms with van der Waals surface area (Å²) >= 11 is 0. The maximum Gasteiger partial charge on any atom is 0.244 e. The van der Waals surface area contributed by atoms with Gasteiger partial charge in [0.15, 0.2) is 0 Å². The molecule has 2 N–H and O–H groups in total. The van der Waals surface area contributed by atoms with Gasteiger partial charge in [-0.25, -0.2) is 8.42 Å². The zero-order valence-corrected chi connectivity index (χ0v) is 15.1. The van der Waals surface area contributed by atoms with Crippen LogP contribution in [0.1, 0.15) is 11.5 Å². The zero-order valence-electron chi connectivity index (χ0n) is 14.3. The van der Waals surface area contributed by atoms with Crippen molar-refractivity contribution in [3.8, 4) is 0 Å². The van der Waals surface area contributed by atoms with E-state index in [0.29, 0.717) is 19.6 Å². The summed E-state index contributed by atoms with van der Waals surface area (Å²) in [5, 5.41) is 0.822. The molecule has 2 aromatic carbocycles. The first-order valence-corrected chi connectivity index (χ1v) is 10.1. The van der Waals surface area contributed by atoms with Crippen LogP contribution in [0.4, 0.5) is 0 Å². The Labute approximate surface area is 153 Å². The van der Waals surface area contributed by atoms with Gasteiger partial charge in [-0.2, -0.15) is 4.31 Å². The van der Waals surface area contributed by atoms with E-state index in [0.717, 1.165) is 16.5 Å². The maximum absolute atomic E-state index is 13.2. The maximum atomic E-state index is 13.2. The van der Waals surface area contributed by atoms with Gasteiger partial charge in [0.1, 0.15) is 4.90 Å². The number of para-hydroxylation sites is 1. The van der Waals surface area contributed by atoms with E-state index >= 15 is 0 Å². The molecule has 0 bridgehead atoms.